The summed E-state index contributed by atoms with van der Waals surface area (Å²) in [5, 5.41) is 1.11. The molecule has 1 amide bonds. The van der Waals surface area contributed by atoms with Gasteiger partial charge in [-0.1, -0.05) is 18.2 Å². The first-order valence-corrected chi connectivity index (χ1v) is 9.48. The van der Waals surface area contributed by atoms with Gasteiger partial charge >= 0.3 is 0 Å². The summed E-state index contributed by atoms with van der Waals surface area (Å²) in [6.45, 7) is 4.73. The normalized spacial score (nSPS) is 11.2. The lowest BCUT2D eigenvalue weighted by molar-refractivity contribution is -0.133. The lowest BCUT2D eigenvalue weighted by Crippen LogP contribution is -2.36. The molecule has 0 saturated carbocycles. The zero-order chi connectivity index (χ0) is 17.6. The number of hydrogen-bond donors (Lipinski definition) is 0. The molecule has 0 fully saturated rings. The first kappa shape index (κ1) is 17.5. The Kier molecular flexibility index (Phi) is 5.76. The first-order valence-electron chi connectivity index (χ1n) is 8.66. The van der Waals surface area contributed by atoms with Crippen molar-refractivity contribution in [3.63, 3.8) is 0 Å². The van der Waals surface area contributed by atoms with Gasteiger partial charge in [-0.15, -0.1) is 11.3 Å². The monoisotopic (exact) mass is 353 g/mol. The molecule has 0 unspecified atom stereocenters. The highest BCUT2D eigenvalue weighted by molar-refractivity contribution is 7.18. The number of rotatable bonds is 7. The summed E-state index contributed by atoms with van der Waals surface area (Å²) in [5.41, 5.74) is 2.12. The summed E-state index contributed by atoms with van der Waals surface area (Å²) in [6, 6.07) is 12.3. The Balaban J connectivity index is 1.56. The van der Waals surface area contributed by atoms with Gasteiger partial charge in [-0.05, 0) is 50.5 Å². The Morgan fingerprint density at radius 2 is 2.04 bits per heavy atom. The largest absolute Gasteiger partial charge is 0.336 e. The first-order chi connectivity index (χ1) is 12.1. The van der Waals surface area contributed by atoms with Crippen LogP contribution in [-0.2, 0) is 17.8 Å². The molecular formula is C20H23N3OS. The van der Waals surface area contributed by atoms with Gasteiger partial charge in [-0.25, -0.2) is 4.98 Å². The molecular weight excluding hydrogens is 330 g/mol. The van der Waals surface area contributed by atoms with Crippen LogP contribution >= 0.6 is 11.3 Å². The minimum absolute atomic E-state index is 0.176. The standard InChI is InChI=1S/C20H23N3OS/c1-15(2)23(14-16-7-6-12-21-13-16)20(24)11-5-10-19-22-17-8-3-4-9-18(17)25-19/h3-4,6-9,12-13,15H,5,10-11,14H2,1-2H3. The Morgan fingerprint density at radius 3 is 2.76 bits per heavy atom. The number of fused-ring (bicyclic) bond motifs is 1. The molecule has 0 bridgehead atoms. The summed E-state index contributed by atoms with van der Waals surface area (Å²) in [5.74, 6) is 0.194. The number of thiazole rings is 1. The number of aryl methyl sites for hydroxylation is 1. The summed E-state index contributed by atoms with van der Waals surface area (Å²) in [6.07, 6.45) is 5.81. The second-order valence-corrected chi connectivity index (χ2v) is 7.52. The molecule has 0 N–H and O–H groups in total. The number of hydrogen-bond acceptors (Lipinski definition) is 4. The molecule has 1 aromatic carbocycles. The van der Waals surface area contributed by atoms with Gasteiger partial charge in [0.15, 0.2) is 0 Å². The van der Waals surface area contributed by atoms with E-state index >= 15 is 0 Å². The molecule has 5 heteroatoms. The molecule has 25 heavy (non-hydrogen) atoms. The smallest absolute Gasteiger partial charge is 0.223 e. The quantitative estimate of drug-likeness (QED) is 0.630. The Hall–Kier alpha value is -2.27. The van der Waals surface area contributed by atoms with Crippen LogP contribution in [0.5, 0.6) is 0 Å². The van der Waals surface area contributed by atoms with E-state index in [4.69, 9.17) is 0 Å². The second-order valence-electron chi connectivity index (χ2n) is 6.41. The summed E-state index contributed by atoms with van der Waals surface area (Å²) in [7, 11) is 0. The molecule has 0 radical (unpaired) electrons. The van der Waals surface area contributed by atoms with Gasteiger partial charge in [0.05, 0.1) is 15.2 Å². The minimum Gasteiger partial charge on any atom is -0.336 e. The summed E-state index contributed by atoms with van der Waals surface area (Å²) in [4.78, 5) is 23.3. The fraction of sp³-hybridized carbons (Fsp3) is 0.350. The SMILES string of the molecule is CC(C)N(Cc1cccnc1)C(=O)CCCc1nc2ccccc2s1. The zero-order valence-electron chi connectivity index (χ0n) is 14.7. The van der Waals surface area contributed by atoms with E-state index in [0.717, 1.165) is 28.9 Å². The number of carbonyl (C=O) groups is 1. The number of pyridine rings is 1. The lowest BCUT2D eigenvalue weighted by Gasteiger charge is -2.27. The van der Waals surface area contributed by atoms with Crippen molar-refractivity contribution in [1.82, 2.24) is 14.9 Å². The number of aromatic nitrogens is 2. The zero-order valence-corrected chi connectivity index (χ0v) is 15.5. The molecule has 0 atom stereocenters. The molecule has 0 aliphatic heterocycles. The molecule has 0 aliphatic rings. The van der Waals surface area contributed by atoms with Crippen molar-refractivity contribution in [3.05, 3.63) is 59.4 Å². The minimum atomic E-state index is 0.176. The fourth-order valence-corrected chi connectivity index (χ4v) is 3.82. The van der Waals surface area contributed by atoms with Gasteiger partial charge in [0.2, 0.25) is 5.91 Å². The topological polar surface area (TPSA) is 46.1 Å². The Labute approximate surface area is 152 Å². The maximum absolute atomic E-state index is 12.6. The molecule has 130 valence electrons. The van der Waals surface area contributed by atoms with Crippen LogP contribution in [-0.4, -0.2) is 26.8 Å². The van der Waals surface area contributed by atoms with Gasteiger partial charge < -0.3 is 4.90 Å². The number of para-hydroxylation sites is 1. The van der Waals surface area contributed by atoms with Crippen molar-refractivity contribution in [2.75, 3.05) is 0 Å². The average Bonchev–Trinajstić information content (AvgIpc) is 3.03. The van der Waals surface area contributed by atoms with E-state index in [9.17, 15) is 4.79 Å². The van der Waals surface area contributed by atoms with Crippen LogP contribution in [0.2, 0.25) is 0 Å². The Bertz CT molecular complexity index is 796. The van der Waals surface area contributed by atoms with Crippen LogP contribution in [0.25, 0.3) is 10.2 Å². The number of nitrogens with zero attached hydrogens (tertiary/aromatic N) is 3. The Morgan fingerprint density at radius 1 is 1.20 bits per heavy atom. The van der Waals surface area contributed by atoms with Crippen molar-refractivity contribution < 1.29 is 4.79 Å². The number of carbonyl (C=O) groups excluding carboxylic acids is 1. The maximum Gasteiger partial charge on any atom is 0.223 e. The molecule has 0 spiro atoms. The average molecular weight is 353 g/mol. The van der Waals surface area contributed by atoms with Crippen LogP contribution in [0, 0.1) is 0 Å². The van der Waals surface area contributed by atoms with Crippen LogP contribution < -0.4 is 0 Å². The van der Waals surface area contributed by atoms with Gasteiger partial charge in [0.1, 0.15) is 0 Å². The highest BCUT2D eigenvalue weighted by Crippen LogP contribution is 2.23. The van der Waals surface area contributed by atoms with Gasteiger partial charge in [-0.3, -0.25) is 9.78 Å². The predicted molar refractivity (Wildman–Crippen MR) is 102 cm³/mol. The molecule has 0 aliphatic carbocycles. The number of benzene rings is 1. The molecule has 2 aromatic heterocycles. The third-order valence-corrected chi connectivity index (χ3v) is 5.24. The second kappa shape index (κ2) is 8.21. The van der Waals surface area contributed by atoms with E-state index in [0.29, 0.717) is 13.0 Å². The van der Waals surface area contributed by atoms with E-state index in [2.05, 4.69) is 29.9 Å². The third kappa shape index (κ3) is 4.63. The van der Waals surface area contributed by atoms with Crippen molar-refractivity contribution in [2.24, 2.45) is 0 Å². The van der Waals surface area contributed by atoms with Crippen LogP contribution in [0.1, 0.15) is 37.3 Å². The maximum atomic E-state index is 12.6. The van der Waals surface area contributed by atoms with E-state index < -0.39 is 0 Å². The van der Waals surface area contributed by atoms with E-state index in [1.54, 1.807) is 17.5 Å². The van der Waals surface area contributed by atoms with Crippen LogP contribution in [0.3, 0.4) is 0 Å². The van der Waals surface area contributed by atoms with Gasteiger partial charge in [-0.2, -0.15) is 0 Å². The fourth-order valence-electron chi connectivity index (χ4n) is 2.81. The van der Waals surface area contributed by atoms with Gasteiger partial charge in [0, 0.05) is 31.4 Å². The van der Waals surface area contributed by atoms with Crippen molar-refractivity contribution >= 4 is 27.5 Å². The molecule has 0 saturated heterocycles. The summed E-state index contributed by atoms with van der Waals surface area (Å²) >= 11 is 1.72. The third-order valence-electron chi connectivity index (χ3n) is 4.14. The van der Waals surface area contributed by atoms with Crippen LogP contribution in [0.15, 0.2) is 48.8 Å². The van der Waals surface area contributed by atoms with Crippen molar-refractivity contribution in [3.8, 4) is 0 Å². The molecule has 2 heterocycles. The molecule has 3 aromatic rings. The molecule has 3 rings (SSSR count). The van der Waals surface area contributed by atoms with E-state index in [1.165, 1.54) is 4.70 Å². The van der Waals surface area contributed by atoms with Crippen molar-refractivity contribution in [1.29, 1.82) is 0 Å². The lowest BCUT2D eigenvalue weighted by atomic mass is 10.1. The van der Waals surface area contributed by atoms with Crippen LogP contribution in [0.4, 0.5) is 0 Å². The molecule has 4 nitrogen and oxygen atoms in total. The number of amides is 1. The highest BCUT2D eigenvalue weighted by Gasteiger charge is 2.17. The van der Waals surface area contributed by atoms with E-state index in [1.807, 2.05) is 41.4 Å². The van der Waals surface area contributed by atoms with Crippen molar-refractivity contribution in [2.45, 2.75) is 45.7 Å². The predicted octanol–water partition coefficient (Wildman–Crippen LogP) is 4.45. The summed E-state index contributed by atoms with van der Waals surface area (Å²) < 4.78 is 1.21. The highest BCUT2D eigenvalue weighted by atomic mass is 32.1. The van der Waals surface area contributed by atoms with Gasteiger partial charge in [0.25, 0.3) is 0 Å². The van der Waals surface area contributed by atoms with E-state index in [-0.39, 0.29) is 11.9 Å².